The Hall–Kier alpha value is -3.70. The van der Waals surface area contributed by atoms with Crippen LogP contribution in [0.4, 0.5) is 4.39 Å². The molecule has 4 aromatic rings. The second-order valence-electron chi connectivity index (χ2n) is 5.49. The third kappa shape index (κ3) is 3.49. The van der Waals surface area contributed by atoms with Crippen LogP contribution in [0.3, 0.4) is 0 Å². The predicted molar refractivity (Wildman–Crippen MR) is 100 cm³/mol. The first-order valence-corrected chi connectivity index (χ1v) is 8.75. The summed E-state index contributed by atoms with van der Waals surface area (Å²) in [5, 5.41) is 15.9. The van der Waals surface area contributed by atoms with Gasteiger partial charge in [-0.25, -0.2) is 19.0 Å². The quantitative estimate of drug-likeness (QED) is 0.505. The van der Waals surface area contributed by atoms with Crippen LogP contribution in [0.1, 0.15) is 10.6 Å². The highest BCUT2D eigenvalue weighted by Crippen LogP contribution is 2.27. The van der Waals surface area contributed by atoms with Crippen LogP contribution in [0.5, 0.6) is 0 Å². The maximum Gasteiger partial charge on any atom is 0.149 e. The van der Waals surface area contributed by atoms with Gasteiger partial charge in [-0.1, -0.05) is 6.07 Å². The topological polar surface area (TPSA) is 80.3 Å². The molecule has 4 rings (SSSR count). The smallest absolute Gasteiger partial charge is 0.149 e. The summed E-state index contributed by atoms with van der Waals surface area (Å²) in [5.41, 5.74) is 2.92. The van der Waals surface area contributed by atoms with Crippen molar-refractivity contribution in [2.24, 2.45) is 0 Å². The lowest BCUT2D eigenvalue weighted by atomic mass is 10.1. The summed E-state index contributed by atoms with van der Waals surface area (Å²) in [6, 6.07) is 10.5. The van der Waals surface area contributed by atoms with E-state index in [1.807, 2.05) is 17.5 Å². The van der Waals surface area contributed by atoms with Gasteiger partial charge < -0.3 is 0 Å². The number of hydrogen-bond acceptors (Lipinski definition) is 6. The minimum absolute atomic E-state index is 0.289. The molecule has 3 aromatic heterocycles. The first kappa shape index (κ1) is 16.8. The Labute approximate surface area is 157 Å². The molecule has 0 amide bonds. The zero-order valence-corrected chi connectivity index (χ0v) is 14.6. The Morgan fingerprint density at radius 3 is 2.74 bits per heavy atom. The summed E-state index contributed by atoms with van der Waals surface area (Å²) < 4.78 is 15.7. The number of benzene rings is 1. The molecule has 0 saturated carbocycles. The van der Waals surface area contributed by atoms with E-state index in [9.17, 15) is 9.65 Å². The Kier molecular flexibility index (Phi) is 4.51. The molecule has 0 radical (unpaired) electrons. The minimum Gasteiger partial charge on any atom is -0.265 e. The molecular weight excluding hydrogens is 363 g/mol. The molecule has 6 nitrogen and oxygen atoms in total. The van der Waals surface area contributed by atoms with Crippen molar-refractivity contribution in [1.29, 1.82) is 5.26 Å². The summed E-state index contributed by atoms with van der Waals surface area (Å²) in [7, 11) is 0. The van der Waals surface area contributed by atoms with Gasteiger partial charge in [-0.3, -0.25) is 4.98 Å². The summed E-state index contributed by atoms with van der Waals surface area (Å²) in [4.78, 5) is 12.3. The van der Waals surface area contributed by atoms with Gasteiger partial charge in [0.15, 0.2) is 0 Å². The molecule has 0 aliphatic heterocycles. The molecule has 0 atom stereocenters. The lowest BCUT2D eigenvalue weighted by Gasteiger charge is -2.03. The van der Waals surface area contributed by atoms with E-state index >= 15 is 0 Å². The Morgan fingerprint density at radius 2 is 2.04 bits per heavy atom. The second-order valence-corrected chi connectivity index (χ2v) is 6.35. The van der Waals surface area contributed by atoms with Crippen molar-refractivity contribution in [2.45, 2.75) is 0 Å². The van der Waals surface area contributed by atoms with Crippen molar-refractivity contribution >= 4 is 23.0 Å². The van der Waals surface area contributed by atoms with E-state index in [2.05, 4.69) is 26.1 Å². The summed E-state index contributed by atoms with van der Waals surface area (Å²) >= 11 is 1.36. The van der Waals surface area contributed by atoms with Crippen molar-refractivity contribution in [1.82, 2.24) is 24.7 Å². The number of halogens is 1. The zero-order valence-electron chi connectivity index (χ0n) is 13.8. The van der Waals surface area contributed by atoms with Gasteiger partial charge in [0.2, 0.25) is 0 Å². The number of rotatable bonds is 4. The molecule has 8 heteroatoms. The van der Waals surface area contributed by atoms with Crippen molar-refractivity contribution < 1.29 is 4.39 Å². The summed E-state index contributed by atoms with van der Waals surface area (Å²) in [6.07, 6.45) is 7.75. The molecule has 0 unspecified atom stereocenters. The van der Waals surface area contributed by atoms with Gasteiger partial charge in [0, 0.05) is 23.3 Å². The van der Waals surface area contributed by atoms with Crippen LogP contribution >= 0.6 is 11.3 Å². The Bertz CT molecular complexity index is 1140. The number of allylic oxidation sites excluding steroid dienone is 1. The molecule has 27 heavy (non-hydrogen) atoms. The first-order chi connectivity index (χ1) is 13.2. The number of nitriles is 1. The highest BCUT2D eigenvalue weighted by Gasteiger charge is 2.11. The fourth-order valence-corrected chi connectivity index (χ4v) is 3.29. The fraction of sp³-hybridized carbons (Fsp3) is 0. The molecule has 3 heterocycles. The molecule has 0 saturated heterocycles. The van der Waals surface area contributed by atoms with Gasteiger partial charge >= 0.3 is 0 Å². The van der Waals surface area contributed by atoms with Crippen molar-refractivity contribution in [3.63, 3.8) is 0 Å². The van der Waals surface area contributed by atoms with Crippen molar-refractivity contribution in [2.75, 3.05) is 0 Å². The number of aromatic nitrogens is 5. The maximum atomic E-state index is 14.4. The van der Waals surface area contributed by atoms with Crippen LogP contribution in [0.2, 0.25) is 0 Å². The Morgan fingerprint density at radius 1 is 1.19 bits per heavy atom. The van der Waals surface area contributed by atoms with Gasteiger partial charge in [-0.15, -0.1) is 11.3 Å². The van der Waals surface area contributed by atoms with Crippen LogP contribution in [-0.2, 0) is 0 Å². The largest absolute Gasteiger partial charge is 0.265 e. The maximum absolute atomic E-state index is 14.4. The molecule has 0 bridgehead atoms. The third-order valence-corrected chi connectivity index (χ3v) is 4.66. The van der Waals surface area contributed by atoms with E-state index < -0.39 is 5.82 Å². The first-order valence-electron chi connectivity index (χ1n) is 7.87. The van der Waals surface area contributed by atoms with E-state index in [0.717, 1.165) is 11.3 Å². The van der Waals surface area contributed by atoms with Gasteiger partial charge in [0.1, 0.15) is 35.2 Å². The van der Waals surface area contributed by atoms with E-state index in [4.69, 9.17) is 0 Å². The van der Waals surface area contributed by atoms with Gasteiger partial charge in [0.25, 0.3) is 0 Å². The standard InChI is InChI=1S/C19H11FN6S/c20-16-8-13(1-2-18(16)26-12-23-11-24-26)7-15(9-21)19-25-17(10-27-19)14-3-5-22-6-4-14/h1-8,10-12H. The Balaban J connectivity index is 1.65. The van der Waals surface area contributed by atoms with Crippen LogP contribution in [0.25, 0.3) is 28.6 Å². The van der Waals surface area contributed by atoms with E-state index in [1.165, 1.54) is 34.7 Å². The van der Waals surface area contributed by atoms with Crippen molar-refractivity contribution in [3.8, 4) is 23.0 Å². The predicted octanol–water partition coefficient (Wildman–Crippen LogP) is 3.99. The lowest BCUT2D eigenvalue weighted by molar-refractivity contribution is 0.610. The van der Waals surface area contributed by atoms with Crippen LogP contribution in [0, 0.1) is 17.1 Å². The van der Waals surface area contributed by atoms with Gasteiger partial charge in [-0.2, -0.15) is 10.4 Å². The molecular formula is C19H11FN6S. The number of thiazole rings is 1. The molecule has 0 fully saturated rings. The highest BCUT2D eigenvalue weighted by molar-refractivity contribution is 7.11. The molecule has 130 valence electrons. The highest BCUT2D eigenvalue weighted by atomic mass is 32.1. The van der Waals surface area contributed by atoms with E-state index in [-0.39, 0.29) is 5.69 Å². The number of hydrogen-bond donors (Lipinski definition) is 0. The summed E-state index contributed by atoms with van der Waals surface area (Å²) in [6.45, 7) is 0. The molecule has 0 aliphatic rings. The fourth-order valence-electron chi connectivity index (χ4n) is 2.49. The van der Waals surface area contributed by atoms with Gasteiger partial charge in [0.05, 0.1) is 11.3 Å². The van der Waals surface area contributed by atoms with Crippen LogP contribution in [-0.4, -0.2) is 24.7 Å². The number of pyridine rings is 1. The van der Waals surface area contributed by atoms with E-state index in [1.54, 1.807) is 30.6 Å². The molecule has 1 aromatic carbocycles. The average molecular weight is 374 g/mol. The van der Waals surface area contributed by atoms with Crippen molar-refractivity contribution in [3.05, 3.63) is 77.1 Å². The van der Waals surface area contributed by atoms with E-state index in [0.29, 0.717) is 16.1 Å². The van der Waals surface area contributed by atoms with Gasteiger partial charge in [-0.05, 0) is 35.9 Å². The minimum atomic E-state index is -0.455. The lowest BCUT2D eigenvalue weighted by Crippen LogP contribution is -1.98. The second kappa shape index (κ2) is 7.27. The summed E-state index contributed by atoms with van der Waals surface area (Å²) in [5.74, 6) is -0.455. The van der Waals surface area contributed by atoms with Crippen LogP contribution in [0.15, 0.2) is 60.8 Å². The SMILES string of the molecule is N#CC(=Cc1ccc(-n2cncn2)c(F)c1)c1nc(-c2ccncc2)cs1. The zero-order chi connectivity index (χ0) is 18.6. The molecule has 0 N–H and O–H groups in total. The normalized spacial score (nSPS) is 11.3. The molecule has 0 aliphatic carbocycles. The monoisotopic (exact) mass is 374 g/mol. The van der Waals surface area contributed by atoms with Crippen LogP contribution < -0.4 is 0 Å². The average Bonchev–Trinajstić information content (AvgIpc) is 3.39. The molecule has 0 spiro atoms. The third-order valence-electron chi connectivity index (χ3n) is 3.78. The number of nitrogens with zero attached hydrogens (tertiary/aromatic N) is 6.